The first-order chi connectivity index (χ1) is 13.1. The van der Waals surface area contributed by atoms with Crippen molar-refractivity contribution in [3.63, 3.8) is 0 Å². The summed E-state index contributed by atoms with van der Waals surface area (Å²) in [6.45, 7) is -0.464. The Balaban J connectivity index is 2.03. The number of methoxy groups -OCH3 is 1. The summed E-state index contributed by atoms with van der Waals surface area (Å²) >= 11 is 9.22. The molecule has 28 heavy (non-hydrogen) atoms. The number of carbonyl (C=O) groups excluding carboxylic acids is 1. The molecule has 0 aromatic heterocycles. The van der Waals surface area contributed by atoms with E-state index in [1.54, 1.807) is 12.1 Å². The van der Waals surface area contributed by atoms with Gasteiger partial charge in [0.2, 0.25) is 10.0 Å². The number of phenols is 1. The lowest BCUT2D eigenvalue weighted by molar-refractivity contribution is -0.121. The largest absolute Gasteiger partial charge is 0.507 e. The molecule has 0 radical (unpaired) electrons. The molecule has 0 saturated carbocycles. The SMILES string of the molecule is COc1ccc(S(=O)(=O)N(C)CC(=O)NN=Cc2cc(Br)ccc2O)cc1Cl. The number of hydrogen-bond donors (Lipinski definition) is 2. The normalized spacial score (nSPS) is 11.8. The summed E-state index contributed by atoms with van der Waals surface area (Å²) < 4.78 is 31.7. The van der Waals surface area contributed by atoms with E-state index in [-0.39, 0.29) is 15.7 Å². The van der Waals surface area contributed by atoms with Crippen LogP contribution in [0.15, 0.2) is 50.9 Å². The monoisotopic (exact) mass is 489 g/mol. The zero-order valence-corrected chi connectivity index (χ0v) is 18.0. The van der Waals surface area contributed by atoms with Crippen LogP contribution in [0.2, 0.25) is 5.02 Å². The molecule has 0 aliphatic heterocycles. The Morgan fingerprint density at radius 1 is 1.36 bits per heavy atom. The quantitative estimate of drug-likeness (QED) is 0.458. The van der Waals surface area contributed by atoms with Gasteiger partial charge < -0.3 is 9.84 Å². The summed E-state index contributed by atoms with van der Waals surface area (Å²) in [6.07, 6.45) is 1.25. The van der Waals surface area contributed by atoms with Crippen molar-refractivity contribution in [2.45, 2.75) is 4.90 Å². The van der Waals surface area contributed by atoms with Gasteiger partial charge in [0.25, 0.3) is 5.91 Å². The number of aromatic hydroxyl groups is 1. The van der Waals surface area contributed by atoms with E-state index in [4.69, 9.17) is 16.3 Å². The van der Waals surface area contributed by atoms with E-state index >= 15 is 0 Å². The number of sulfonamides is 1. The highest BCUT2D eigenvalue weighted by Crippen LogP contribution is 2.28. The third-order valence-corrected chi connectivity index (χ3v) is 6.17. The van der Waals surface area contributed by atoms with Gasteiger partial charge in [0, 0.05) is 17.1 Å². The first-order valence-corrected chi connectivity index (χ1v) is 10.4. The van der Waals surface area contributed by atoms with Crippen LogP contribution in [0.5, 0.6) is 11.5 Å². The Morgan fingerprint density at radius 3 is 2.71 bits per heavy atom. The van der Waals surface area contributed by atoms with Crippen molar-refractivity contribution in [1.82, 2.24) is 9.73 Å². The number of likely N-dealkylation sites (N-methyl/N-ethyl adjacent to an activating group) is 1. The maximum Gasteiger partial charge on any atom is 0.255 e. The Kier molecular flexibility index (Phi) is 7.41. The van der Waals surface area contributed by atoms with Crippen LogP contribution in [0.3, 0.4) is 0 Å². The highest BCUT2D eigenvalue weighted by Gasteiger charge is 2.23. The zero-order valence-electron chi connectivity index (χ0n) is 14.9. The maximum atomic E-state index is 12.6. The zero-order chi connectivity index (χ0) is 20.9. The lowest BCUT2D eigenvalue weighted by Crippen LogP contribution is -2.36. The average molecular weight is 491 g/mol. The fourth-order valence-corrected chi connectivity index (χ4v) is 3.97. The number of rotatable bonds is 7. The number of carbonyl (C=O) groups is 1. The van der Waals surface area contributed by atoms with Crippen molar-refractivity contribution < 1.29 is 23.1 Å². The van der Waals surface area contributed by atoms with Crippen molar-refractivity contribution in [3.05, 3.63) is 51.5 Å². The summed E-state index contributed by atoms with van der Waals surface area (Å²) in [4.78, 5) is 11.9. The smallest absolute Gasteiger partial charge is 0.255 e. The molecular weight excluding hydrogens is 474 g/mol. The minimum absolute atomic E-state index is 0.0164. The second kappa shape index (κ2) is 9.37. The summed E-state index contributed by atoms with van der Waals surface area (Å²) in [7, 11) is -1.26. The molecule has 0 unspecified atom stereocenters. The van der Waals surface area contributed by atoms with E-state index in [9.17, 15) is 18.3 Å². The number of phenolic OH excluding ortho intramolecular Hbond substituents is 1. The molecule has 2 aromatic carbocycles. The van der Waals surface area contributed by atoms with Gasteiger partial charge in [0.1, 0.15) is 11.5 Å². The number of nitrogens with zero attached hydrogens (tertiary/aromatic N) is 2. The first kappa shape index (κ1) is 22.2. The van der Waals surface area contributed by atoms with E-state index in [1.165, 1.54) is 44.6 Å². The molecule has 0 aliphatic carbocycles. The Labute approximate surface area is 175 Å². The fraction of sp³-hybridized carbons (Fsp3) is 0.176. The van der Waals surface area contributed by atoms with Gasteiger partial charge in [-0.2, -0.15) is 9.41 Å². The lowest BCUT2D eigenvalue weighted by atomic mass is 10.2. The van der Waals surface area contributed by atoms with Crippen LogP contribution >= 0.6 is 27.5 Å². The number of nitrogens with one attached hydrogen (secondary N) is 1. The lowest BCUT2D eigenvalue weighted by Gasteiger charge is -2.16. The van der Waals surface area contributed by atoms with Gasteiger partial charge in [-0.05, 0) is 36.4 Å². The third kappa shape index (κ3) is 5.44. The molecule has 150 valence electrons. The fourth-order valence-electron chi connectivity index (χ4n) is 2.11. The van der Waals surface area contributed by atoms with Gasteiger partial charge in [0.15, 0.2) is 0 Å². The average Bonchev–Trinajstić information content (AvgIpc) is 2.64. The molecule has 0 saturated heterocycles. The molecule has 11 heteroatoms. The van der Waals surface area contributed by atoms with E-state index in [0.29, 0.717) is 11.3 Å². The first-order valence-electron chi connectivity index (χ1n) is 7.75. The number of hydrazone groups is 1. The van der Waals surface area contributed by atoms with E-state index < -0.39 is 22.5 Å². The van der Waals surface area contributed by atoms with Gasteiger partial charge >= 0.3 is 0 Å². The predicted molar refractivity (Wildman–Crippen MR) is 109 cm³/mol. The number of hydrogen-bond acceptors (Lipinski definition) is 6. The molecule has 0 fully saturated rings. The summed E-state index contributed by atoms with van der Waals surface area (Å²) in [6, 6.07) is 8.73. The van der Waals surface area contributed by atoms with Crippen LogP contribution < -0.4 is 10.2 Å². The molecule has 1 amide bonds. The van der Waals surface area contributed by atoms with Crippen LogP contribution in [0.1, 0.15) is 5.56 Å². The second-order valence-corrected chi connectivity index (χ2v) is 8.92. The molecule has 2 N–H and O–H groups in total. The molecule has 2 rings (SSSR count). The van der Waals surface area contributed by atoms with Crippen LogP contribution in [0.4, 0.5) is 0 Å². The van der Waals surface area contributed by atoms with E-state index in [0.717, 1.165) is 8.78 Å². The van der Waals surface area contributed by atoms with Crippen LogP contribution in [-0.2, 0) is 14.8 Å². The highest BCUT2D eigenvalue weighted by atomic mass is 79.9. The van der Waals surface area contributed by atoms with Crippen LogP contribution in [0.25, 0.3) is 0 Å². The van der Waals surface area contributed by atoms with Gasteiger partial charge in [0.05, 0.1) is 29.8 Å². The number of halogens is 2. The summed E-state index contributed by atoms with van der Waals surface area (Å²) in [5.74, 6) is -0.333. The number of ether oxygens (including phenoxy) is 1. The molecule has 2 aromatic rings. The van der Waals surface area contributed by atoms with Crippen LogP contribution in [-0.4, -0.2) is 50.7 Å². The van der Waals surface area contributed by atoms with E-state index in [2.05, 4.69) is 26.5 Å². The van der Waals surface area contributed by atoms with Gasteiger partial charge in [-0.1, -0.05) is 27.5 Å². The highest BCUT2D eigenvalue weighted by molar-refractivity contribution is 9.10. The molecule has 0 bridgehead atoms. The van der Waals surface area contributed by atoms with Crippen molar-refractivity contribution in [2.24, 2.45) is 5.10 Å². The third-order valence-electron chi connectivity index (χ3n) is 3.58. The molecule has 8 nitrogen and oxygen atoms in total. The Morgan fingerprint density at radius 2 is 2.07 bits per heavy atom. The van der Waals surface area contributed by atoms with Crippen molar-refractivity contribution >= 4 is 49.7 Å². The Bertz CT molecular complexity index is 1010. The van der Waals surface area contributed by atoms with Crippen molar-refractivity contribution in [2.75, 3.05) is 20.7 Å². The molecular formula is C17H17BrClN3O5S. The topological polar surface area (TPSA) is 108 Å². The number of benzene rings is 2. The second-order valence-electron chi connectivity index (χ2n) is 5.55. The van der Waals surface area contributed by atoms with Crippen molar-refractivity contribution in [3.8, 4) is 11.5 Å². The summed E-state index contributed by atoms with van der Waals surface area (Å²) in [5.41, 5.74) is 2.59. The van der Waals surface area contributed by atoms with Gasteiger partial charge in [-0.25, -0.2) is 13.8 Å². The summed E-state index contributed by atoms with van der Waals surface area (Å²) in [5, 5.41) is 13.6. The molecule has 0 atom stereocenters. The van der Waals surface area contributed by atoms with Gasteiger partial charge in [-0.15, -0.1) is 0 Å². The van der Waals surface area contributed by atoms with E-state index in [1.807, 2.05) is 0 Å². The van der Waals surface area contributed by atoms with Crippen molar-refractivity contribution in [1.29, 1.82) is 0 Å². The predicted octanol–water partition coefficient (Wildman–Crippen LogP) is 2.59. The standard InChI is InChI=1S/C17H17BrClN3O5S/c1-22(28(25,26)13-4-6-16(27-2)14(19)8-13)10-17(24)21-20-9-11-7-12(18)3-5-15(11)23/h3-9,23H,10H2,1-2H3,(H,21,24). The van der Waals surface area contributed by atoms with Crippen LogP contribution in [0, 0.1) is 0 Å². The maximum absolute atomic E-state index is 12.6. The molecule has 0 aliphatic rings. The minimum atomic E-state index is -3.94. The Hall–Kier alpha value is -2.14. The minimum Gasteiger partial charge on any atom is -0.507 e. The number of amides is 1. The molecule has 0 spiro atoms. The van der Waals surface area contributed by atoms with Gasteiger partial charge in [-0.3, -0.25) is 4.79 Å². The molecule has 0 heterocycles.